The first-order valence-corrected chi connectivity index (χ1v) is 4.29. The van der Waals surface area contributed by atoms with E-state index in [9.17, 15) is 0 Å². The third-order valence-corrected chi connectivity index (χ3v) is 2.56. The van der Waals surface area contributed by atoms with Crippen LogP contribution in [0, 0.1) is 0 Å². The minimum absolute atomic E-state index is 1.19. The van der Waals surface area contributed by atoms with E-state index >= 15 is 0 Å². The number of anilines is 1. The van der Waals surface area contributed by atoms with E-state index in [-0.39, 0.29) is 0 Å². The van der Waals surface area contributed by atoms with E-state index in [0.29, 0.717) is 0 Å². The average molecular weight is 206 g/mol. The zero-order chi connectivity index (χ0) is 6.85. The molecule has 1 rings (SSSR count). The number of halogens is 1. The lowest BCUT2D eigenvalue weighted by Crippen LogP contribution is -2.06. The second-order valence-electron chi connectivity index (χ2n) is 2.00. The molecule has 0 unspecified atom stereocenters. The molecule has 0 radical (unpaired) electrons. The Kier molecular flexibility index (Phi) is 2.13. The molecule has 9 heavy (non-hydrogen) atoms. The number of nitrogens with zero attached hydrogens (tertiary/aromatic N) is 1. The molecule has 50 valence electrons. The van der Waals surface area contributed by atoms with Gasteiger partial charge in [-0.05, 0) is 22.0 Å². The Morgan fingerprint density at radius 3 is 2.44 bits per heavy atom. The van der Waals surface area contributed by atoms with E-state index in [0.717, 1.165) is 0 Å². The van der Waals surface area contributed by atoms with Gasteiger partial charge in [0.15, 0.2) is 0 Å². The van der Waals surface area contributed by atoms with Crippen LogP contribution in [0.5, 0.6) is 0 Å². The molecule has 0 aromatic carbocycles. The molecule has 1 aromatic rings. The summed E-state index contributed by atoms with van der Waals surface area (Å²) in [5, 5.41) is 2.12. The molecule has 0 fully saturated rings. The van der Waals surface area contributed by atoms with E-state index in [4.69, 9.17) is 0 Å². The molecule has 3 heteroatoms. The predicted octanol–water partition coefficient (Wildman–Crippen LogP) is 2.58. The van der Waals surface area contributed by atoms with Crippen LogP contribution in [0.4, 0.5) is 5.69 Å². The van der Waals surface area contributed by atoms with Crippen LogP contribution in [0.3, 0.4) is 0 Å². The molecule has 0 aliphatic heterocycles. The van der Waals surface area contributed by atoms with Crippen molar-refractivity contribution in [2.45, 2.75) is 0 Å². The smallest absolute Gasteiger partial charge is 0.0719 e. The minimum atomic E-state index is 1.19. The topological polar surface area (TPSA) is 3.24 Å². The molecule has 0 atom stereocenters. The fourth-order valence-electron chi connectivity index (χ4n) is 0.535. The van der Waals surface area contributed by atoms with Crippen LogP contribution in [0.25, 0.3) is 0 Å². The molecule has 0 bridgehead atoms. The summed E-state index contributed by atoms with van der Waals surface area (Å²) in [5.41, 5.74) is 1.26. The minimum Gasteiger partial charge on any atom is -0.377 e. The maximum atomic E-state index is 3.39. The van der Waals surface area contributed by atoms with Gasteiger partial charge in [-0.25, -0.2) is 0 Å². The quantitative estimate of drug-likeness (QED) is 0.682. The summed E-state index contributed by atoms with van der Waals surface area (Å²) in [6.07, 6.45) is 0. The van der Waals surface area contributed by atoms with Gasteiger partial charge >= 0.3 is 0 Å². The normalized spacial score (nSPS) is 9.67. The van der Waals surface area contributed by atoms with Crippen molar-refractivity contribution in [3.63, 3.8) is 0 Å². The Morgan fingerprint density at radius 2 is 2.22 bits per heavy atom. The monoisotopic (exact) mass is 205 g/mol. The molecule has 0 spiro atoms. The Balaban J connectivity index is 2.85. The van der Waals surface area contributed by atoms with Crippen molar-refractivity contribution >= 4 is 33.0 Å². The molecule has 1 aromatic heterocycles. The van der Waals surface area contributed by atoms with Crippen molar-refractivity contribution in [1.82, 2.24) is 0 Å². The number of rotatable bonds is 1. The third kappa shape index (κ3) is 1.69. The van der Waals surface area contributed by atoms with Crippen LogP contribution in [0.2, 0.25) is 0 Å². The van der Waals surface area contributed by atoms with E-state index < -0.39 is 0 Å². The molecule has 0 N–H and O–H groups in total. The Morgan fingerprint density at radius 1 is 1.56 bits per heavy atom. The maximum absolute atomic E-state index is 3.39. The highest BCUT2D eigenvalue weighted by molar-refractivity contribution is 9.11. The first-order valence-electron chi connectivity index (χ1n) is 2.61. The fraction of sp³-hybridized carbons (Fsp3) is 0.333. The Hall–Kier alpha value is -0.0200. The van der Waals surface area contributed by atoms with Gasteiger partial charge in [-0.15, -0.1) is 11.3 Å². The van der Waals surface area contributed by atoms with E-state index in [1.807, 2.05) is 14.1 Å². The number of thiophene rings is 1. The lowest BCUT2D eigenvalue weighted by molar-refractivity contribution is 1.14. The first kappa shape index (κ1) is 7.09. The highest BCUT2D eigenvalue weighted by Crippen LogP contribution is 2.25. The summed E-state index contributed by atoms with van der Waals surface area (Å²) in [5.74, 6) is 0. The van der Waals surface area contributed by atoms with Gasteiger partial charge in [-0.2, -0.15) is 0 Å². The van der Waals surface area contributed by atoms with Crippen molar-refractivity contribution in [3.05, 3.63) is 15.2 Å². The zero-order valence-electron chi connectivity index (χ0n) is 5.39. The van der Waals surface area contributed by atoms with Crippen molar-refractivity contribution in [2.24, 2.45) is 0 Å². The molecule has 0 aliphatic carbocycles. The lowest BCUT2D eigenvalue weighted by atomic mass is 10.5. The van der Waals surface area contributed by atoms with Gasteiger partial charge in [0.1, 0.15) is 0 Å². The fourth-order valence-corrected chi connectivity index (χ4v) is 1.75. The highest BCUT2D eigenvalue weighted by Gasteiger charge is 1.96. The second kappa shape index (κ2) is 2.71. The molecule has 1 nitrogen and oxygen atoms in total. The highest BCUT2D eigenvalue weighted by atomic mass is 79.9. The molecule has 0 saturated heterocycles. The average Bonchev–Trinajstić information content (AvgIpc) is 2.14. The van der Waals surface area contributed by atoms with E-state index in [1.165, 1.54) is 9.47 Å². The third-order valence-electron chi connectivity index (χ3n) is 1.07. The Labute approximate surface area is 67.4 Å². The van der Waals surface area contributed by atoms with Gasteiger partial charge in [0.05, 0.1) is 3.79 Å². The van der Waals surface area contributed by atoms with Gasteiger partial charge in [0.25, 0.3) is 0 Å². The summed E-state index contributed by atoms with van der Waals surface area (Å²) in [6, 6.07) is 2.10. The van der Waals surface area contributed by atoms with E-state index in [2.05, 4.69) is 32.3 Å². The van der Waals surface area contributed by atoms with Crippen molar-refractivity contribution in [2.75, 3.05) is 19.0 Å². The SMILES string of the molecule is CN(C)c1csc(Br)c1. The largest absolute Gasteiger partial charge is 0.377 e. The van der Waals surface area contributed by atoms with Gasteiger partial charge in [0.2, 0.25) is 0 Å². The molecule has 0 saturated carbocycles. The lowest BCUT2D eigenvalue weighted by Gasteiger charge is -2.07. The van der Waals surface area contributed by atoms with Gasteiger partial charge in [-0.3, -0.25) is 0 Å². The Bertz CT molecular complexity index is 195. The van der Waals surface area contributed by atoms with Gasteiger partial charge in [0, 0.05) is 25.2 Å². The standard InChI is InChI=1S/C6H8BrNS/c1-8(2)5-3-6(7)9-4-5/h3-4H,1-2H3. The van der Waals surface area contributed by atoms with E-state index in [1.54, 1.807) is 11.3 Å². The second-order valence-corrected chi connectivity index (χ2v) is 4.29. The summed E-state index contributed by atoms with van der Waals surface area (Å²) in [6.45, 7) is 0. The summed E-state index contributed by atoms with van der Waals surface area (Å²) in [7, 11) is 4.07. The number of hydrogen-bond acceptors (Lipinski definition) is 2. The van der Waals surface area contributed by atoms with Crippen LogP contribution in [-0.4, -0.2) is 14.1 Å². The van der Waals surface area contributed by atoms with Crippen LogP contribution in [-0.2, 0) is 0 Å². The maximum Gasteiger partial charge on any atom is 0.0719 e. The molecular formula is C6H8BrNS. The summed E-state index contributed by atoms with van der Waals surface area (Å²) >= 11 is 5.10. The zero-order valence-corrected chi connectivity index (χ0v) is 7.79. The summed E-state index contributed by atoms with van der Waals surface area (Å²) < 4.78 is 1.19. The van der Waals surface area contributed by atoms with Crippen molar-refractivity contribution in [1.29, 1.82) is 0 Å². The molecule has 1 heterocycles. The van der Waals surface area contributed by atoms with Gasteiger partial charge in [-0.1, -0.05) is 0 Å². The van der Waals surface area contributed by atoms with Crippen LogP contribution >= 0.6 is 27.3 Å². The van der Waals surface area contributed by atoms with Crippen molar-refractivity contribution in [3.8, 4) is 0 Å². The summed E-state index contributed by atoms with van der Waals surface area (Å²) in [4.78, 5) is 2.08. The van der Waals surface area contributed by atoms with Crippen molar-refractivity contribution < 1.29 is 0 Å². The molecule has 0 aliphatic rings. The predicted molar refractivity (Wildman–Crippen MR) is 46.3 cm³/mol. The first-order chi connectivity index (χ1) is 4.20. The van der Waals surface area contributed by atoms with Crippen LogP contribution < -0.4 is 4.90 Å². The van der Waals surface area contributed by atoms with Crippen LogP contribution in [0.1, 0.15) is 0 Å². The molecular weight excluding hydrogens is 198 g/mol. The van der Waals surface area contributed by atoms with Gasteiger partial charge < -0.3 is 4.90 Å². The number of hydrogen-bond donors (Lipinski definition) is 0. The molecule has 0 amide bonds. The van der Waals surface area contributed by atoms with Crippen LogP contribution in [0.15, 0.2) is 15.2 Å².